The minimum Gasteiger partial charge on any atom is -0.481 e. The van der Waals surface area contributed by atoms with Crippen LogP contribution in [0.1, 0.15) is 19.3 Å². The molecule has 7 nitrogen and oxygen atoms in total. The molecule has 8 heteroatoms. The van der Waals surface area contributed by atoms with Crippen LogP contribution in [0.2, 0.25) is 0 Å². The van der Waals surface area contributed by atoms with Crippen LogP contribution in [0.4, 0.5) is 0 Å². The number of hydrogen-bond donors (Lipinski definition) is 1. The first-order valence-electron chi connectivity index (χ1n) is 6.32. The molecule has 1 fully saturated rings. The van der Waals surface area contributed by atoms with Crippen LogP contribution in [0.3, 0.4) is 0 Å². The van der Waals surface area contributed by atoms with Gasteiger partial charge in [-0.25, -0.2) is 8.42 Å². The zero-order valence-corrected chi connectivity index (χ0v) is 11.8. The number of aromatic nitrogens is 2. The van der Waals surface area contributed by atoms with Crippen molar-refractivity contribution in [3.63, 3.8) is 0 Å². The van der Waals surface area contributed by atoms with Crippen LogP contribution in [0, 0.1) is 0 Å². The average molecular weight is 299 g/mol. The van der Waals surface area contributed by atoms with Crippen molar-refractivity contribution in [3.05, 3.63) is 25.0 Å². The molecular formula is C12H17N3O4S. The predicted molar refractivity (Wildman–Crippen MR) is 71.6 cm³/mol. The van der Waals surface area contributed by atoms with Crippen molar-refractivity contribution >= 4 is 16.0 Å². The van der Waals surface area contributed by atoms with Crippen LogP contribution in [0.15, 0.2) is 29.9 Å². The summed E-state index contributed by atoms with van der Waals surface area (Å²) >= 11 is 0. The second kappa shape index (κ2) is 5.76. The van der Waals surface area contributed by atoms with E-state index in [1.165, 1.54) is 21.4 Å². The quantitative estimate of drug-likeness (QED) is 0.713. The van der Waals surface area contributed by atoms with E-state index in [0.29, 0.717) is 0 Å². The van der Waals surface area contributed by atoms with Crippen molar-refractivity contribution in [2.24, 2.45) is 0 Å². The van der Waals surface area contributed by atoms with E-state index in [9.17, 15) is 13.2 Å². The summed E-state index contributed by atoms with van der Waals surface area (Å²) in [4.78, 5) is 10.6. The largest absolute Gasteiger partial charge is 0.481 e. The fourth-order valence-electron chi connectivity index (χ4n) is 1.88. The molecule has 0 amide bonds. The lowest BCUT2D eigenvalue weighted by Gasteiger charge is -2.18. The molecule has 0 bridgehead atoms. The lowest BCUT2D eigenvalue weighted by Crippen LogP contribution is -2.33. The summed E-state index contributed by atoms with van der Waals surface area (Å²) in [6.07, 6.45) is 5.82. The van der Waals surface area contributed by atoms with Gasteiger partial charge in [0.2, 0.25) is 10.0 Å². The molecule has 0 aromatic carbocycles. The molecule has 2 rings (SSSR count). The lowest BCUT2D eigenvalue weighted by molar-refractivity contribution is -0.137. The molecule has 0 unspecified atom stereocenters. The number of rotatable bonds is 8. The highest BCUT2D eigenvalue weighted by Gasteiger charge is 2.37. The molecule has 20 heavy (non-hydrogen) atoms. The van der Waals surface area contributed by atoms with Crippen LogP contribution in [-0.2, 0) is 21.4 Å². The number of carboxylic acid groups (broad SMARTS) is 1. The van der Waals surface area contributed by atoms with Gasteiger partial charge in [-0.2, -0.15) is 9.40 Å². The summed E-state index contributed by atoms with van der Waals surface area (Å²) in [5.74, 6) is -0.948. The summed E-state index contributed by atoms with van der Waals surface area (Å²) in [5.41, 5.74) is 0. The van der Waals surface area contributed by atoms with Crippen LogP contribution in [-0.4, -0.2) is 46.2 Å². The minimum atomic E-state index is -3.59. The number of carboxylic acids is 1. The Morgan fingerprint density at radius 3 is 2.85 bits per heavy atom. The first-order valence-corrected chi connectivity index (χ1v) is 7.76. The summed E-state index contributed by atoms with van der Waals surface area (Å²) < 4.78 is 27.7. The third-order valence-corrected chi connectivity index (χ3v) is 4.91. The van der Waals surface area contributed by atoms with E-state index in [2.05, 4.69) is 11.7 Å². The van der Waals surface area contributed by atoms with Gasteiger partial charge in [0.05, 0.1) is 19.2 Å². The second-order valence-corrected chi connectivity index (χ2v) is 6.57. The van der Waals surface area contributed by atoms with Gasteiger partial charge < -0.3 is 5.11 Å². The molecule has 110 valence electrons. The second-order valence-electron chi connectivity index (χ2n) is 4.68. The maximum Gasteiger partial charge on any atom is 0.305 e. The van der Waals surface area contributed by atoms with Crippen molar-refractivity contribution in [1.82, 2.24) is 14.1 Å². The number of aryl methyl sites for hydroxylation is 1. The molecule has 0 radical (unpaired) electrons. The molecule has 0 atom stereocenters. The topological polar surface area (TPSA) is 92.5 Å². The normalized spacial score (nSPS) is 15.4. The van der Waals surface area contributed by atoms with Gasteiger partial charge in [0.25, 0.3) is 0 Å². The summed E-state index contributed by atoms with van der Waals surface area (Å²) in [5, 5.41) is 12.5. The SMILES string of the molecule is C=CCN(C1CC1)S(=O)(=O)c1cnn(CCC(=O)O)c1. The maximum absolute atomic E-state index is 12.5. The third-order valence-electron chi connectivity index (χ3n) is 3.03. The summed E-state index contributed by atoms with van der Waals surface area (Å²) in [7, 11) is -3.59. The molecular weight excluding hydrogens is 282 g/mol. The molecule has 0 aliphatic heterocycles. The highest BCUT2D eigenvalue weighted by Crippen LogP contribution is 2.31. The molecule has 1 aliphatic rings. The molecule has 1 saturated carbocycles. The molecule has 1 aromatic heterocycles. The van der Waals surface area contributed by atoms with E-state index in [0.717, 1.165) is 12.8 Å². The van der Waals surface area contributed by atoms with Gasteiger partial charge >= 0.3 is 5.97 Å². The van der Waals surface area contributed by atoms with Crippen molar-refractivity contribution in [1.29, 1.82) is 0 Å². The van der Waals surface area contributed by atoms with E-state index in [1.54, 1.807) is 6.08 Å². The van der Waals surface area contributed by atoms with Gasteiger partial charge in [-0.1, -0.05) is 6.08 Å². The highest BCUT2D eigenvalue weighted by molar-refractivity contribution is 7.89. The van der Waals surface area contributed by atoms with Gasteiger partial charge in [-0.15, -0.1) is 6.58 Å². The molecule has 0 saturated heterocycles. The first kappa shape index (κ1) is 14.7. The van der Waals surface area contributed by atoms with Crippen molar-refractivity contribution in [2.75, 3.05) is 6.54 Å². The van der Waals surface area contributed by atoms with Crippen molar-refractivity contribution in [2.45, 2.75) is 36.7 Å². The Labute approximate surface area is 117 Å². The molecule has 0 spiro atoms. The molecule has 1 aliphatic carbocycles. The molecule has 1 aromatic rings. The van der Waals surface area contributed by atoms with E-state index >= 15 is 0 Å². The summed E-state index contributed by atoms with van der Waals surface area (Å²) in [6.45, 7) is 4.00. The number of sulfonamides is 1. The highest BCUT2D eigenvalue weighted by atomic mass is 32.2. The van der Waals surface area contributed by atoms with E-state index in [-0.39, 0.29) is 30.4 Å². The molecule has 1 heterocycles. The zero-order valence-electron chi connectivity index (χ0n) is 11.0. The Hall–Kier alpha value is -1.67. The lowest BCUT2D eigenvalue weighted by atomic mass is 10.4. The number of aliphatic carboxylic acids is 1. The minimum absolute atomic E-state index is 0.0420. The Morgan fingerprint density at radius 2 is 2.30 bits per heavy atom. The fraction of sp³-hybridized carbons (Fsp3) is 0.500. The van der Waals surface area contributed by atoms with Crippen LogP contribution in [0.5, 0.6) is 0 Å². The number of hydrogen-bond acceptors (Lipinski definition) is 4. The van der Waals surface area contributed by atoms with Crippen LogP contribution >= 0.6 is 0 Å². The monoisotopic (exact) mass is 299 g/mol. The Morgan fingerprint density at radius 1 is 1.60 bits per heavy atom. The van der Waals surface area contributed by atoms with Gasteiger partial charge in [0, 0.05) is 18.8 Å². The third kappa shape index (κ3) is 3.26. The Bertz CT molecular complexity index is 604. The van der Waals surface area contributed by atoms with Gasteiger partial charge in [-0.05, 0) is 12.8 Å². The zero-order chi connectivity index (χ0) is 14.8. The van der Waals surface area contributed by atoms with Crippen molar-refractivity contribution < 1.29 is 18.3 Å². The fourth-order valence-corrected chi connectivity index (χ4v) is 3.49. The smallest absolute Gasteiger partial charge is 0.305 e. The van der Waals surface area contributed by atoms with Gasteiger partial charge in [0.15, 0.2) is 0 Å². The number of carbonyl (C=O) groups is 1. The Balaban J connectivity index is 2.16. The van der Waals surface area contributed by atoms with Crippen molar-refractivity contribution in [3.8, 4) is 0 Å². The van der Waals surface area contributed by atoms with E-state index in [4.69, 9.17) is 5.11 Å². The standard InChI is InChI=1S/C12H17N3O4S/c1-2-6-15(10-3-4-10)20(18,19)11-8-13-14(9-11)7-5-12(16)17/h2,8-10H,1,3-7H2,(H,16,17). The Kier molecular flexibility index (Phi) is 4.24. The molecule has 1 N–H and O–H groups in total. The van der Waals surface area contributed by atoms with Gasteiger partial charge in [-0.3, -0.25) is 9.48 Å². The van der Waals surface area contributed by atoms with Crippen LogP contribution in [0.25, 0.3) is 0 Å². The number of nitrogens with zero attached hydrogens (tertiary/aromatic N) is 3. The van der Waals surface area contributed by atoms with E-state index in [1.807, 2.05) is 0 Å². The van der Waals surface area contributed by atoms with E-state index < -0.39 is 16.0 Å². The van der Waals surface area contributed by atoms with Gasteiger partial charge in [0.1, 0.15) is 4.90 Å². The predicted octanol–water partition coefficient (Wildman–Crippen LogP) is 0.697. The average Bonchev–Trinajstić information content (AvgIpc) is 3.09. The first-order chi connectivity index (χ1) is 9.45. The summed E-state index contributed by atoms with van der Waals surface area (Å²) in [6, 6.07) is 0.0420. The maximum atomic E-state index is 12.5. The van der Waals surface area contributed by atoms with Crippen LogP contribution < -0.4 is 0 Å².